The van der Waals surface area contributed by atoms with E-state index >= 15 is 0 Å². The number of rotatable bonds is 5. The van der Waals surface area contributed by atoms with Crippen molar-refractivity contribution in [3.05, 3.63) is 61.4 Å². The standard InChI is InChI=1S/C13H17NO/c1-5-8-10-12(7-3)15-13(14-4)11-9-6-2/h5-11H,1-2H2,3-4H3/b10-8-,11-9-,12-7+,14-13?. The molecule has 0 heterocycles. The molecule has 0 atom stereocenters. The number of nitrogens with zero attached hydrogens (tertiary/aromatic N) is 1. The van der Waals surface area contributed by atoms with Gasteiger partial charge in [0.2, 0.25) is 5.90 Å². The smallest absolute Gasteiger partial charge is 0.214 e. The summed E-state index contributed by atoms with van der Waals surface area (Å²) in [5.41, 5.74) is 0. The first kappa shape index (κ1) is 13.2. The summed E-state index contributed by atoms with van der Waals surface area (Å²) in [7, 11) is 1.67. The lowest BCUT2D eigenvalue weighted by atomic mass is 10.4. The maximum Gasteiger partial charge on any atom is 0.214 e. The lowest BCUT2D eigenvalue weighted by molar-refractivity contribution is 0.436. The highest BCUT2D eigenvalue weighted by Crippen LogP contribution is 2.02. The second-order valence-electron chi connectivity index (χ2n) is 2.54. The number of ether oxygens (including phenoxy) is 1. The van der Waals surface area contributed by atoms with Gasteiger partial charge in [-0.15, -0.1) is 0 Å². The Labute approximate surface area is 91.7 Å². The lowest BCUT2D eigenvalue weighted by Crippen LogP contribution is -1.99. The molecule has 0 spiro atoms. The van der Waals surface area contributed by atoms with Crippen LogP contribution < -0.4 is 0 Å². The fraction of sp³-hybridized carbons (Fsp3) is 0.154. The quantitative estimate of drug-likeness (QED) is 0.290. The van der Waals surface area contributed by atoms with Crippen LogP contribution in [0.15, 0.2) is 66.4 Å². The maximum absolute atomic E-state index is 5.50. The van der Waals surface area contributed by atoms with Crippen molar-refractivity contribution in [2.45, 2.75) is 6.92 Å². The molecule has 0 N–H and O–H groups in total. The first-order valence-electron chi connectivity index (χ1n) is 4.67. The largest absolute Gasteiger partial charge is 0.440 e. The van der Waals surface area contributed by atoms with Gasteiger partial charge >= 0.3 is 0 Å². The Morgan fingerprint density at radius 2 is 1.73 bits per heavy atom. The topological polar surface area (TPSA) is 21.6 Å². The minimum absolute atomic E-state index is 0.539. The second kappa shape index (κ2) is 8.75. The summed E-state index contributed by atoms with van der Waals surface area (Å²) in [6, 6.07) is 0. The molecule has 0 bridgehead atoms. The number of aliphatic imine (C=N–C) groups is 1. The molecule has 0 radical (unpaired) electrons. The molecule has 0 amide bonds. The Hall–Kier alpha value is -1.83. The second-order valence-corrected chi connectivity index (χ2v) is 2.54. The van der Waals surface area contributed by atoms with Crippen LogP contribution in [-0.4, -0.2) is 12.9 Å². The molecule has 0 aliphatic carbocycles. The van der Waals surface area contributed by atoms with E-state index in [4.69, 9.17) is 4.74 Å². The van der Waals surface area contributed by atoms with Crippen molar-refractivity contribution in [1.29, 1.82) is 0 Å². The SMILES string of the molecule is C=C/C=C\C(=NC)OC(/C=C\C=C)=C/C. The highest BCUT2D eigenvalue weighted by atomic mass is 16.5. The van der Waals surface area contributed by atoms with E-state index < -0.39 is 0 Å². The van der Waals surface area contributed by atoms with Gasteiger partial charge in [-0.3, -0.25) is 4.99 Å². The Morgan fingerprint density at radius 1 is 1.13 bits per heavy atom. The monoisotopic (exact) mass is 203 g/mol. The zero-order valence-electron chi connectivity index (χ0n) is 9.31. The highest BCUT2D eigenvalue weighted by molar-refractivity contribution is 5.88. The molecule has 0 aliphatic rings. The molecule has 0 saturated heterocycles. The van der Waals surface area contributed by atoms with Crippen molar-refractivity contribution in [3.63, 3.8) is 0 Å². The van der Waals surface area contributed by atoms with Crippen molar-refractivity contribution < 1.29 is 4.74 Å². The average molecular weight is 203 g/mol. The third-order valence-corrected chi connectivity index (χ3v) is 1.50. The summed E-state index contributed by atoms with van der Waals surface area (Å²) >= 11 is 0. The summed E-state index contributed by atoms with van der Waals surface area (Å²) in [5.74, 6) is 1.26. The highest BCUT2D eigenvalue weighted by Gasteiger charge is 1.95. The molecule has 0 aromatic heterocycles. The summed E-state index contributed by atoms with van der Waals surface area (Å²) in [4.78, 5) is 3.98. The van der Waals surface area contributed by atoms with E-state index in [1.165, 1.54) is 0 Å². The van der Waals surface area contributed by atoms with Crippen LogP contribution in [0.4, 0.5) is 0 Å². The van der Waals surface area contributed by atoms with Crippen molar-refractivity contribution in [3.8, 4) is 0 Å². The van der Waals surface area contributed by atoms with Gasteiger partial charge in [-0.1, -0.05) is 37.5 Å². The number of hydrogen-bond acceptors (Lipinski definition) is 2. The van der Waals surface area contributed by atoms with E-state index in [-0.39, 0.29) is 0 Å². The first-order chi connectivity index (χ1) is 7.28. The predicted molar refractivity (Wildman–Crippen MR) is 66.9 cm³/mol. The van der Waals surface area contributed by atoms with Gasteiger partial charge < -0.3 is 4.74 Å². The van der Waals surface area contributed by atoms with Gasteiger partial charge in [0.1, 0.15) is 5.76 Å². The molecule has 0 rings (SSSR count). The molecule has 15 heavy (non-hydrogen) atoms. The van der Waals surface area contributed by atoms with E-state index in [2.05, 4.69) is 18.2 Å². The summed E-state index contributed by atoms with van der Waals surface area (Å²) in [5, 5.41) is 0. The van der Waals surface area contributed by atoms with Crippen molar-refractivity contribution in [2.75, 3.05) is 7.05 Å². The van der Waals surface area contributed by atoms with Crippen LogP contribution in [0.25, 0.3) is 0 Å². The zero-order valence-corrected chi connectivity index (χ0v) is 9.31. The third-order valence-electron chi connectivity index (χ3n) is 1.50. The molecule has 80 valence electrons. The van der Waals surface area contributed by atoms with Crippen molar-refractivity contribution in [2.24, 2.45) is 4.99 Å². The minimum atomic E-state index is 0.539. The van der Waals surface area contributed by atoms with Crippen LogP contribution in [0.3, 0.4) is 0 Å². The fourth-order valence-electron chi connectivity index (χ4n) is 0.777. The Morgan fingerprint density at radius 3 is 2.20 bits per heavy atom. The van der Waals surface area contributed by atoms with E-state index in [9.17, 15) is 0 Å². The van der Waals surface area contributed by atoms with E-state index in [0.29, 0.717) is 5.90 Å². The minimum Gasteiger partial charge on any atom is -0.440 e. The van der Waals surface area contributed by atoms with Crippen molar-refractivity contribution in [1.82, 2.24) is 0 Å². The van der Waals surface area contributed by atoms with Gasteiger partial charge in [0.15, 0.2) is 0 Å². The van der Waals surface area contributed by atoms with Crippen LogP contribution in [0.2, 0.25) is 0 Å². The molecule has 2 heteroatoms. The molecule has 0 aromatic carbocycles. The van der Waals surface area contributed by atoms with Gasteiger partial charge in [-0.2, -0.15) is 0 Å². The molecule has 0 fully saturated rings. The van der Waals surface area contributed by atoms with Gasteiger partial charge in [-0.05, 0) is 19.1 Å². The van der Waals surface area contributed by atoms with Crippen LogP contribution in [-0.2, 0) is 4.74 Å². The molecule has 0 aromatic rings. The van der Waals surface area contributed by atoms with Gasteiger partial charge in [0.05, 0.1) is 0 Å². The van der Waals surface area contributed by atoms with Crippen LogP contribution in [0.1, 0.15) is 6.92 Å². The number of allylic oxidation sites excluding steroid dienone is 6. The summed E-state index contributed by atoms with van der Waals surface area (Å²) in [6.07, 6.45) is 12.4. The Balaban J connectivity index is 4.52. The fourth-order valence-corrected chi connectivity index (χ4v) is 0.777. The normalized spacial score (nSPS) is 13.5. The van der Waals surface area contributed by atoms with Crippen LogP contribution >= 0.6 is 0 Å². The van der Waals surface area contributed by atoms with E-state index in [1.807, 2.05) is 19.1 Å². The van der Waals surface area contributed by atoms with Gasteiger partial charge in [0.25, 0.3) is 0 Å². The molecule has 2 nitrogen and oxygen atoms in total. The Bertz CT molecular complexity index is 287. The molecular weight excluding hydrogens is 186 g/mol. The van der Waals surface area contributed by atoms with E-state index in [0.717, 1.165) is 5.76 Å². The number of hydrogen-bond donors (Lipinski definition) is 0. The van der Waals surface area contributed by atoms with E-state index in [1.54, 1.807) is 37.4 Å². The Kier molecular flexibility index (Phi) is 7.69. The van der Waals surface area contributed by atoms with Crippen LogP contribution in [0, 0.1) is 0 Å². The maximum atomic E-state index is 5.50. The molecular formula is C13H17NO. The lowest BCUT2D eigenvalue weighted by Gasteiger charge is -2.04. The molecule has 0 unspecified atom stereocenters. The van der Waals surface area contributed by atoms with Crippen LogP contribution in [0.5, 0.6) is 0 Å². The average Bonchev–Trinajstić information content (AvgIpc) is 2.28. The van der Waals surface area contributed by atoms with Gasteiger partial charge in [-0.25, -0.2) is 0 Å². The first-order valence-corrected chi connectivity index (χ1v) is 4.67. The molecule has 0 aliphatic heterocycles. The zero-order chi connectivity index (χ0) is 11.5. The molecule has 0 saturated carbocycles. The predicted octanol–water partition coefficient (Wildman–Crippen LogP) is 3.42. The van der Waals surface area contributed by atoms with Crippen molar-refractivity contribution >= 4 is 5.90 Å². The summed E-state index contributed by atoms with van der Waals surface area (Å²) in [6.45, 7) is 9.06. The summed E-state index contributed by atoms with van der Waals surface area (Å²) < 4.78 is 5.50. The van der Waals surface area contributed by atoms with Gasteiger partial charge in [0, 0.05) is 13.1 Å². The third kappa shape index (κ3) is 6.27.